The fraction of sp³-hybridized carbons (Fsp3) is 0.259. The molecule has 41 heavy (non-hydrogen) atoms. The number of rotatable bonds is 11. The molecule has 2 aromatic carbocycles. The van der Waals surface area contributed by atoms with Crippen molar-refractivity contribution in [2.75, 3.05) is 18.5 Å². The van der Waals surface area contributed by atoms with E-state index in [0.717, 1.165) is 17.2 Å². The van der Waals surface area contributed by atoms with Crippen LogP contribution in [0.3, 0.4) is 0 Å². The Morgan fingerprint density at radius 3 is 2.49 bits per heavy atom. The average Bonchev–Trinajstić information content (AvgIpc) is 3.34. The zero-order valence-electron chi connectivity index (χ0n) is 22.5. The van der Waals surface area contributed by atoms with Crippen LogP contribution >= 0.6 is 0 Å². The fourth-order valence-corrected chi connectivity index (χ4v) is 3.66. The number of carboxylic acids is 1. The quantitative estimate of drug-likeness (QED) is 0.0888. The van der Waals surface area contributed by atoms with Gasteiger partial charge in [0, 0.05) is 49.2 Å². The third-order valence-electron chi connectivity index (χ3n) is 5.56. The Kier molecular flexibility index (Phi) is 10.6. The minimum atomic E-state index is -0.937. The summed E-state index contributed by atoms with van der Waals surface area (Å²) < 4.78 is 22.5. The van der Waals surface area contributed by atoms with Crippen molar-refractivity contribution in [3.05, 3.63) is 93.7 Å². The van der Waals surface area contributed by atoms with Crippen LogP contribution in [0.15, 0.2) is 59.7 Å². The van der Waals surface area contributed by atoms with Crippen LogP contribution < -0.4 is 21.5 Å². The van der Waals surface area contributed by atoms with Crippen LogP contribution in [-0.2, 0) is 11.2 Å². The van der Waals surface area contributed by atoms with Crippen LogP contribution in [0.25, 0.3) is 5.95 Å². The van der Waals surface area contributed by atoms with E-state index in [-0.39, 0.29) is 42.1 Å². The molecule has 0 saturated carbocycles. The summed E-state index contributed by atoms with van der Waals surface area (Å²) in [6.07, 6.45) is 3.92. The number of carboxylic acid groups (broad SMARTS) is 1. The second-order valence-electron chi connectivity index (χ2n) is 8.64. The fourth-order valence-electron chi connectivity index (χ4n) is 3.66. The summed E-state index contributed by atoms with van der Waals surface area (Å²) in [5.74, 6) is -1.31. The van der Waals surface area contributed by atoms with E-state index in [1.807, 2.05) is 6.92 Å². The van der Waals surface area contributed by atoms with Crippen LogP contribution in [0, 0.1) is 11.2 Å². The molecule has 0 aliphatic rings. The summed E-state index contributed by atoms with van der Waals surface area (Å²) in [5, 5.41) is 31.7. The molecule has 7 N–H and O–H groups in total. The second kappa shape index (κ2) is 14.3. The third-order valence-corrected chi connectivity index (χ3v) is 5.56. The summed E-state index contributed by atoms with van der Waals surface area (Å²) in [4.78, 5) is 32.6. The first-order valence-electron chi connectivity index (χ1n) is 12.6. The number of halogens is 1. The maximum Gasteiger partial charge on any atom is 0.350 e. The smallest absolute Gasteiger partial charge is 0.350 e. The molecule has 0 bridgehead atoms. The maximum atomic E-state index is 15.8. The zero-order chi connectivity index (χ0) is 29.9. The Balaban J connectivity index is 0.00000108. The molecule has 216 valence electrons. The lowest BCUT2D eigenvalue weighted by molar-refractivity contribution is -0.134. The van der Waals surface area contributed by atoms with E-state index >= 15 is 4.39 Å². The Hall–Kier alpha value is -5.11. The van der Waals surface area contributed by atoms with Gasteiger partial charge in [0.25, 0.3) is 11.9 Å². The number of H-pyrrole nitrogens is 1. The molecule has 2 aromatic heterocycles. The average molecular weight is 567 g/mol. The first-order chi connectivity index (χ1) is 19.6. The van der Waals surface area contributed by atoms with Crippen molar-refractivity contribution in [3.8, 4) is 11.7 Å². The molecule has 0 spiro atoms. The molecule has 4 rings (SSSR count). The summed E-state index contributed by atoms with van der Waals surface area (Å²) in [6.45, 7) is 3.07. The number of anilines is 1. The van der Waals surface area contributed by atoms with Crippen LogP contribution in [0.4, 0.5) is 10.1 Å². The van der Waals surface area contributed by atoms with Crippen molar-refractivity contribution in [3.63, 3.8) is 0 Å². The molecule has 0 saturated heterocycles. The molecule has 0 radical (unpaired) electrons. The number of nitrogens with zero attached hydrogens (tertiary/aromatic N) is 4. The van der Waals surface area contributed by atoms with Gasteiger partial charge in [0.15, 0.2) is 17.4 Å². The Labute approximate surface area is 234 Å². The van der Waals surface area contributed by atoms with E-state index in [0.29, 0.717) is 24.1 Å². The normalized spacial score (nSPS) is 11.2. The lowest BCUT2D eigenvalue weighted by Gasteiger charge is -2.21. The number of benzene rings is 2. The minimum absolute atomic E-state index is 0.0368. The number of aliphatic hydroxyl groups is 1. The van der Waals surface area contributed by atoms with Gasteiger partial charge in [-0.1, -0.05) is 13.0 Å². The van der Waals surface area contributed by atoms with Gasteiger partial charge >= 0.3 is 5.69 Å². The standard InChI is InChI=1S/C25H27FN8O3.C2H4O2/c1-2-15-13-18(20(26)19(14-15)37-12-4-11-35)21(31-17-7-5-16(6-8-17)22(27)28)23-32-25(36)34(33-23)24-29-9-3-10-30-24;1-2(3)4/h3,5-10,13-14,21,31,35H,2,4,11-12H2,1H3,(H3,27,28)(H,32,33,36);1H3,(H,3,4). The molecule has 0 amide bonds. The van der Waals surface area contributed by atoms with Gasteiger partial charge in [-0.25, -0.2) is 19.2 Å². The van der Waals surface area contributed by atoms with E-state index in [4.69, 9.17) is 30.9 Å². The van der Waals surface area contributed by atoms with Crippen molar-refractivity contribution >= 4 is 17.5 Å². The van der Waals surface area contributed by atoms with Crippen molar-refractivity contribution in [1.29, 1.82) is 5.41 Å². The molecular formula is C27H31FN8O5. The molecule has 0 fully saturated rings. The molecule has 14 heteroatoms. The molecule has 1 unspecified atom stereocenters. The predicted molar refractivity (Wildman–Crippen MR) is 149 cm³/mol. The number of aryl methyl sites for hydroxylation is 1. The number of aromatic nitrogens is 5. The zero-order valence-corrected chi connectivity index (χ0v) is 22.5. The van der Waals surface area contributed by atoms with Crippen LogP contribution in [0.1, 0.15) is 48.8 Å². The Morgan fingerprint density at radius 1 is 1.24 bits per heavy atom. The highest BCUT2D eigenvalue weighted by atomic mass is 19.1. The molecule has 2 heterocycles. The number of nitrogens with one attached hydrogen (secondary N) is 3. The van der Waals surface area contributed by atoms with Gasteiger partial charge in [-0.3, -0.25) is 15.2 Å². The number of hydrogen-bond acceptors (Lipinski definition) is 9. The van der Waals surface area contributed by atoms with E-state index < -0.39 is 23.5 Å². The maximum absolute atomic E-state index is 15.8. The van der Waals surface area contributed by atoms with E-state index in [9.17, 15) is 4.79 Å². The number of carbonyl (C=O) groups is 1. The van der Waals surface area contributed by atoms with Crippen molar-refractivity contribution in [2.45, 2.75) is 32.7 Å². The number of aliphatic hydroxyl groups excluding tert-OH is 1. The van der Waals surface area contributed by atoms with Gasteiger partial charge in [0.05, 0.1) is 6.61 Å². The monoisotopic (exact) mass is 566 g/mol. The van der Waals surface area contributed by atoms with Crippen molar-refractivity contribution in [2.24, 2.45) is 5.73 Å². The number of nitrogens with two attached hydrogens (primary N) is 1. The lowest BCUT2D eigenvalue weighted by Crippen LogP contribution is -2.18. The number of ether oxygens (including phenoxy) is 1. The molecule has 0 aliphatic heterocycles. The van der Waals surface area contributed by atoms with E-state index in [1.165, 1.54) is 12.4 Å². The Bertz CT molecular complexity index is 1520. The number of hydrogen-bond donors (Lipinski definition) is 6. The van der Waals surface area contributed by atoms with Crippen molar-refractivity contribution < 1.29 is 24.1 Å². The van der Waals surface area contributed by atoms with E-state index in [2.05, 4.69) is 25.4 Å². The summed E-state index contributed by atoms with van der Waals surface area (Å²) >= 11 is 0. The van der Waals surface area contributed by atoms with Crippen molar-refractivity contribution in [1.82, 2.24) is 24.7 Å². The first-order valence-corrected chi connectivity index (χ1v) is 12.6. The second-order valence-corrected chi connectivity index (χ2v) is 8.64. The summed E-state index contributed by atoms with van der Waals surface area (Å²) in [5.41, 5.74) is 7.08. The number of amidine groups is 1. The molecule has 4 aromatic rings. The van der Waals surface area contributed by atoms with Gasteiger partial charge in [-0.05, 0) is 48.4 Å². The van der Waals surface area contributed by atoms with Gasteiger partial charge in [-0.2, -0.15) is 0 Å². The molecular weight excluding hydrogens is 535 g/mol. The predicted octanol–water partition coefficient (Wildman–Crippen LogP) is 2.39. The number of aliphatic carboxylic acids is 1. The first kappa shape index (κ1) is 30.4. The highest BCUT2D eigenvalue weighted by molar-refractivity contribution is 5.95. The largest absolute Gasteiger partial charge is 0.490 e. The van der Waals surface area contributed by atoms with E-state index in [1.54, 1.807) is 42.5 Å². The Morgan fingerprint density at radius 2 is 1.90 bits per heavy atom. The third kappa shape index (κ3) is 8.19. The summed E-state index contributed by atoms with van der Waals surface area (Å²) in [6, 6.07) is 10.7. The van der Waals surface area contributed by atoms with Crippen LogP contribution in [-0.4, -0.2) is 60.0 Å². The molecule has 0 aliphatic carbocycles. The van der Waals surface area contributed by atoms with Gasteiger partial charge < -0.3 is 26.0 Å². The van der Waals surface area contributed by atoms with Gasteiger partial charge in [-0.15, -0.1) is 9.78 Å². The molecule has 1 atom stereocenters. The highest BCUT2D eigenvalue weighted by Gasteiger charge is 2.26. The lowest BCUT2D eigenvalue weighted by atomic mass is 10.00. The molecule has 13 nitrogen and oxygen atoms in total. The summed E-state index contributed by atoms with van der Waals surface area (Å²) in [7, 11) is 0. The SMILES string of the molecule is CC(=O)O.CCc1cc(OCCCO)c(F)c(C(Nc2ccc(C(=N)N)cc2)c2nn(-c3ncccn3)c(=O)[nH]2)c1. The highest BCUT2D eigenvalue weighted by Crippen LogP contribution is 2.32. The minimum Gasteiger partial charge on any atom is -0.490 e. The number of nitrogen functional groups attached to an aromatic ring is 1. The van der Waals surface area contributed by atoms with Crippen LogP contribution in [0.2, 0.25) is 0 Å². The van der Waals surface area contributed by atoms with Gasteiger partial charge in [0.2, 0.25) is 0 Å². The van der Waals surface area contributed by atoms with Crippen LogP contribution in [0.5, 0.6) is 5.75 Å². The van der Waals surface area contributed by atoms with Gasteiger partial charge in [0.1, 0.15) is 11.9 Å². The topological polar surface area (TPSA) is 205 Å². The number of aromatic amines is 1.